The lowest BCUT2D eigenvalue weighted by molar-refractivity contribution is 0.213. The Balaban J connectivity index is 2.20. The van der Waals surface area contributed by atoms with E-state index in [-0.39, 0.29) is 33.8 Å². The summed E-state index contributed by atoms with van der Waals surface area (Å²) in [5.41, 5.74) is 0.260. The molecule has 0 N–H and O–H groups in total. The first kappa shape index (κ1) is 15.7. The number of rotatable bonds is 2. The van der Waals surface area contributed by atoms with Crippen molar-refractivity contribution in [2.45, 2.75) is 55.3 Å². The lowest BCUT2D eigenvalue weighted by Crippen LogP contribution is -2.37. The molecule has 0 unspecified atom stereocenters. The maximum absolute atomic E-state index is 13.1. The molecule has 0 saturated heterocycles. The zero-order chi connectivity index (χ0) is 16.3. The molecule has 3 rings (SSSR count). The molecule has 120 valence electrons. The molecule has 0 radical (unpaired) electrons. The summed E-state index contributed by atoms with van der Waals surface area (Å²) >= 11 is 6.11. The van der Waals surface area contributed by atoms with Gasteiger partial charge in [-0.25, -0.2) is 17.8 Å². The molecule has 4 nitrogen and oxygen atoms in total. The van der Waals surface area contributed by atoms with Crippen LogP contribution < -0.4 is 0 Å². The molecule has 0 atom stereocenters. The van der Waals surface area contributed by atoms with Gasteiger partial charge in [0, 0.05) is 5.41 Å². The highest BCUT2D eigenvalue weighted by atomic mass is 35.5. The van der Waals surface area contributed by atoms with Crippen molar-refractivity contribution in [3.8, 4) is 0 Å². The Labute approximate surface area is 133 Å². The first-order chi connectivity index (χ1) is 10.1. The molecule has 1 heterocycles. The van der Waals surface area contributed by atoms with E-state index in [4.69, 9.17) is 16.0 Å². The molecule has 0 aliphatic heterocycles. The number of benzene rings is 1. The van der Waals surface area contributed by atoms with Crippen LogP contribution in [-0.4, -0.2) is 24.8 Å². The quantitative estimate of drug-likeness (QED) is 0.823. The number of sulfone groups is 1. The number of nitrogens with zero attached hydrogens (tertiary/aromatic N) is 1. The molecular weight excluding hydrogens is 329 g/mol. The number of fused-ring (bicyclic) bond motifs is 1. The van der Waals surface area contributed by atoms with Gasteiger partial charge in [0.2, 0.25) is 5.89 Å². The highest BCUT2D eigenvalue weighted by molar-refractivity contribution is 7.92. The van der Waals surface area contributed by atoms with Crippen LogP contribution in [0.25, 0.3) is 11.1 Å². The third-order valence-electron chi connectivity index (χ3n) is 3.87. The summed E-state index contributed by atoms with van der Waals surface area (Å²) in [5, 5.41) is -0.653. The molecule has 1 aromatic carbocycles. The van der Waals surface area contributed by atoms with Crippen molar-refractivity contribution in [2.24, 2.45) is 0 Å². The first-order valence-corrected chi connectivity index (χ1v) is 9.00. The fraction of sp³-hybridized carbons (Fsp3) is 0.533. The van der Waals surface area contributed by atoms with Crippen LogP contribution in [0.5, 0.6) is 0 Å². The van der Waals surface area contributed by atoms with Crippen LogP contribution in [0.4, 0.5) is 4.39 Å². The summed E-state index contributed by atoms with van der Waals surface area (Å²) in [7, 11) is -3.73. The van der Waals surface area contributed by atoms with Gasteiger partial charge in [0.25, 0.3) is 0 Å². The van der Waals surface area contributed by atoms with Gasteiger partial charge >= 0.3 is 0 Å². The Hall–Kier alpha value is -1.14. The topological polar surface area (TPSA) is 60.2 Å². The van der Waals surface area contributed by atoms with Crippen LogP contribution in [0.2, 0.25) is 5.02 Å². The second kappa shape index (κ2) is 4.93. The van der Waals surface area contributed by atoms with Gasteiger partial charge < -0.3 is 4.42 Å². The summed E-state index contributed by atoms with van der Waals surface area (Å²) in [6, 6.07) is 3.13. The normalized spacial score (nSPS) is 22.8. The van der Waals surface area contributed by atoms with Crippen LogP contribution in [-0.2, 0) is 15.3 Å². The van der Waals surface area contributed by atoms with E-state index in [1.165, 1.54) is 6.07 Å². The van der Waals surface area contributed by atoms with E-state index in [0.717, 1.165) is 0 Å². The zero-order valence-corrected chi connectivity index (χ0v) is 14.1. The monoisotopic (exact) mass is 345 g/mol. The molecule has 0 amide bonds. The average molecular weight is 346 g/mol. The second-order valence-electron chi connectivity index (χ2n) is 6.73. The first-order valence-electron chi connectivity index (χ1n) is 7.08. The Morgan fingerprint density at radius 1 is 1.32 bits per heavy atom. The van der Waals surface area contributed by atoms with Crippen molar-refractivity contribution in [1.29, 1.82) is 0 Å². The highest BCUT2D eigenvalue weighted by Crippen LogP contribution is 2.40. The summed E-state index contributed by atoms with van der Waals surface area (Å²) in [5.74, 6) is 0.443. The number of alkyl halides is 1. The van der Waals surface area contributed by atoms with E-state index >= 15 is 0 Å². The molecule has 0 spiro atoms. The van der Waals surface area contributed by atoms with E-state index < -0.39 is 21.3 Å². The standard InChI is InChI=1S/C15H17ClFNO3S/c1-15(2,3)14-18-11-5-4-10(16)13(12(11)21-14)22(19,20)9-6-8(17)7-9/h4-5,8-9H,6-7H2,1-3H3. The molecule has 1 aliphatic carbocycles. The fourth-order valence-corrected chi connectivity index (χ4v) is 4.92. The second-order valence-corrected chi connectivity index (χ2v) is 9.30. The lowest BCUT2D eigenvalue weighted by atomic mass is 9.97. The van der Waals surface area contributed by atoms with Crippen molar-refractivity contribution < 1.29 is 17.2 Å². The Bertz CT molecular complexity index is 832. The number of halogens is 2. The molecule has 0 bridgehead atoms. The van der Waals surface area contributed by atoms with Crippen molar-refractivity contribution >= 4 is 32.5 Å². The third-order valence-corrected chi connectivity index (χ3v) is 6.53. The van der Waals surface area contributed by atoms with Gasteiger partial charge in [-0.15, -0.1) is 0 Å². The van der Waals surface area contributed by atoms with Crippen molar-refractivity contribution in [3.63, 3.8) is 0 Å². The van der Waals surface area contributed by atoms with E-state index in [9.17, 15) is 12.8 Å². The average Bonchev–Trinajstić information content (AvgIpc) is 2.77. The molecule has 1 saturated carbocycles. The van der Waals surface area contributed by atoms with Crippen LogP contribution in [0.15, 0.2) is 21.4 Å². The van der Waals surface area contributed by atoms with E-state index in [1.54, 1.807) is 6.07 Å². The number of oxazole rings is 1. The van der Waals surface area contributed by atoms with Gasteiger partial charge in [-0.2, -0.15) is 0 Å². The Morgan fingerprint density at radius 3 is 2.50 bits per heavy atom. The van der Waals surface area contributed by atoms with E-state index in [0.29, 0.717) is 11.4 Å². The lowest BCUT2D eigenvalue weighted by Gasteiger charge is -2.29. The van der Waals surface area contributed by atoms with E-state index in [1.807, 2.05) is 20.8 Å². The molecule has 1 aromatic heterocycles. The van der Waals surface area contributed by atoms with Crippen LogP contribution >= 0.6 is 11.6 Å². The van der Waals surface area contributed by atoms with Gasteiger partial charge in [0.1, 0.15) is 16.6 Å². The fourth-order valence-electron chi connectivity index (χ4n) is 2.45. The zero-order valence-electron chi connectivity index (χ0n) is 12.6. The maximum Gasteiger partial charge on any atom is 0.200 e. The SMILES string of the molecule is CC(C)(C)c1nc2ccc(Cl)c(S(=O)(=O)C3CC(F)C3)c2o1. The van der Waals surface area contributed by atoms with Crippen LogP contribution in [0, 0.1) is 0 Å². The minimum absolute atomic E-state index is 0.00924. The van der Waals surface area contributed by atoms with Gasteiger partial charge in [-0.1, -0.05) is 32.4 Å². The Kier molecular flexibility index (Phi) is 3.53. The molecule has 7 heteroatoms. The molecule has 1 aliphatic rings. The molecule has 2 aromatic rings. The van der Waals surface area contributed by atoms with Gasteiger partial charge in [0.15, 0.2) is 15.4 Å². The van der Waals surface area contributed by atoms with Crippen molar-refractivity contribution in [3.05, 3.63) is 23.0 Å². The third kappa shape index (κ3) is 2.42. The Morgan fingerprint density at radius 2 is 1.95 bits per heavy atom. The number of hydrogen-bond donors (Lipinski definition) is 0. The predicted octanol–water partition coefficient (Wildman–Crippen LogP) is 4.05. The van der Waals surface area contributed by atoms with Crippen LogP contribution in [0.1, 0.15) is 39.5 Å². The van der Waals surface area contributed by atoms with E-state index in [2.05, 4.69) is 4.98 Å². The predicted molar refractivity (Wildman–Crippen MR) is 82.8 cm³/mol. The summed E-state index contributed by atoms with van der Waals surface area (Å²) < 4.78 is 44.2. The number of hydrogen-bond acceptors (Lipinski definition) is 4. The largest absolute Gasteiger partial charge is 0.439 e. The smallest absolute Gasteiger partial charge is 0.200 e. The molecule has 22 heavy (non-hydrogen) atoms. The van der Waals surface area contributed by atoms with Crippen molar-refractivity contribution in [2.75, 3.05) is 0 Å². The highest BCUT2D eigenvalue weighted by Gasteiger charge is 2.42. The van der Waals surface area contributed by atoms with Gasteiger partial charge in [-0.05, 0) is 25.0 Å². The summed E-state index contributed by atoms with van der Waals surface area (Å²) in [6.07, 6.45) is -1.04. The van der Waals surface area contributed by atoms with Crippen LogP contribution in [0.3, 0.4) is 0 Å². The molecular formula is C15H17ClFNO3S. The maximum atomic E-state index is 13.1. The minimum atomic E-state index is -3.73. The van der Waals surface area contributed by atoms with Gasteiger partial charge in [-0.3, -0.25) is 0 Å². The molecule has 1 fully saturated rings. The number of aromatic nitrogens is 1. The summed E-state index contributed by atoms with van der Waals surface area (Å²) in [4.78, 5) is 4.29. The van der Waals surface area contributed by atoms with Crippen molar-refractivity contribution in [1.82, 2.24) is 4.98 Å². The van der Waals surface area contributed by atoms with Gasteiger partial charge in [0.05, 0.1) is 10.3 Å². The summed E-state index contributed by atoms with van der Waals surface area (Å²) in [6.45, 7) is 5.77. The minimum Gasteiger partial charge on any atom is -0.439 e.